The summed E-state index contributed by atoms with van der Waals surface area (Å²) in [4.78, 5) is 0. The first-order valence-electron chi connectivity index (χ1n) is 5.63. The van der Waals surface area contributed by atoms with Crippen LogP contribution in [0.5, 0.6) is 0 Å². The van der Waals surface area contributed by atoms with Crippen LogP contribution in [-0.4, -0.2) is 0 Å². The summed E-state index contributed by atoms with van der Waals surface area (Å²) in [5.74, 6) is 0.881. The topological polar surface area (TPSA) is 9.23 Å². The number of rotatable bonds is 1. The lowest BCUT2D eigenvalue weighted by atomic mass is 10.1. The van der Waals surface area contributed by atoms with Crippen LogP contribution in [0.25, 0.3) is 17.9 Å². The van der Waals surface area contributed by atoms with Crippen LogP contribution >= 0.6 is 0 Å². The first-order chi connectivity index (χ1) is 8.43. The summed E-state index contributed by atoms with van der Waals surface area (Å²) in [6.45, 7) is 0. The summed E-state index contributed by atoms with van der Waals surface area (Å²) in [5.41, 5.74) is 3.45. The standard InChI is InChI=1S/C16H12O/c1-2-7-14(8-3-1)16-12-15-9-5-4-6-13(15)10-11-17-16/h1-12H. The zero-order chi connectivity index (χ0) is 11.5. The van der Waals surface area contributed by atoms with Gasteiger partial charge in [0.2, 0.25) is 0 Å². The quantitative estimate of drug-likeness (QED) is 0.700. The molecule has 0 amide bonds. The molecule has 1 aliphatic heterocycles. The molecular weight excluding hydrogens is 208 g/mol. The van der Waals surface area contributed by atoms with E-state index in [1.165, 1.54) is 11.1 Å². The highest BCUT2D eigenvalue weighted by atomic mass is 16.5. The molecule has 1 nitrogen and oxygen atoms in total. The Labute approximate surface area is 101 Å². The monoisotopic (exact) mass is 220 g/mol. The Hall–Kier alpha value is -2.28. The fraction of sp³-hybridized carbons (Fsp3) is 0. The van der Waals surface area contributed by atoms with E-state index < -0.39 is 0 Å². The lowest BCUT2D eigenvalue weighted by molar-refractivity contribution is 0.444. The Bertz CT molecular complexity index is 579. The smallest absolute Gasteiger partial charge is 0.134 e. The summed E-state index contributed by atoms with van der Waals surface area (Å²) in [7, 11) is 0. The Balaban J connectivity index is 2.10. The third kappa shape index (κ3) is 2.00. The predicted molar refractivity (Wildman–Crippen MR) is 70.9 cm³/mol. The highest BCUT2D eigenvalue weighted by Crippen LogP contribution is 2.25. The second-order valence-corrected chi connectivity index (χ2v) is 3.92. The van der Waals surface area contributed by atoms with Gasteiger partial charge in [-0.05, 0) is 23.3 Å². The molecule has 3 rings (SSSR count). The van der Waals surface area contributed by atoms with Crippen molar-refractivity contribution in [1.82, 2.24) is 0 Å². The van der Waals surface area contributed by atoms with E-state index in [0.717, 1.165) is 11.3 Å². The molecular formula is C16H12O. The molecule has 0 saturated carbocycles. The Morgan fingerprint density at radius 1 is 0.706 bits per heavy atom. The number of benzene rings is 2. The number of hydrogen-bond acceptors (Lipinski definition) is 1. The first kappa shape index (κ1) is 9.91. The molecule has 0 aromatic heterocycles. The summed E-state index contributed by atoms with van der Waals surface area (Å²) in [6.07, 6.45) is 5.80. The van der Waals surface area contributed by atoms with Crippen molar-refractivity contribution in [3.05, 3.63) is 77.5 Å². The second kappa shape index (κ2) is 4.30. The SMILES string of the molecule is C1=Cc2ccccc2C=C(c2ccccc2)O1. The Morgan fingerprint density at radius 2 is 1.41 bits per heavy atom. The van der Waals surface area contributed by atoms with Crippen molar-refractivity contribution < 1.29 is 4.74 Å². The molecule has 1 heterocycles. The van der Waals surface area contributed by atoms with E-state index in [9.17, 15) is 0 Å². The van der Waals surface area contributed by atoms with Crippen LogP contribution in [0.3, 0.4) is 0 Å². The zero-order valence-electron chi connectivity index (χ0n) is 9.34. The van der Waals surface area contributed by atoms with Gasteiger partial charge < -0.3 is 4.74 Å². The van der Waals surface area contributed by atoms with Crippen molar-refractivity contribution in [3.8, 4) is 0 Å². The molecule has 0 atom stereocenters. The summed E-state index contributed by atoms with van der Waals surface area (Å²) in [6, 6.07) is 18.4. The molecule has 0 fully saturated rings. The van der Waals surface area contributed by atoms with Gasteiger partial charge in [-0.1, -0.05) is 54.6 Å². The largest absolute Gasteiger partial charge is 0.464 e. The number of hydrogen-bond donors (Lipinski definition) is 0. The molecule has 2 aromatic rings. The highest BCUT2D eigenvalue weighted by molar-refractivity contribution is 5.82. The van der Waals surface area contributed by atoms with Gasteiger partial charge in [0.15, 0.2) is 0 Å². The number of fused-ring (bicyclic) bond motifs is 1. The van der Waals surface area contributed by atoms with E-state index in [4.69, 9.17) is 4.74 Å². The fourth-order valence-corrected chi connectivity index (χ4v) is 1.90. The molecule has 0 unspecified atom stereocenters. The van der Waals surface area contributed by atoms with Gasteiger partial charge in [0.25, 0.3) is 0 Å². The van der Waals surface area contributed by atoms with Crippen LogP contribution in [0.15, 0.2) is 60.9 Å². The van der Waals surface area contributed by atoms with Gasteiger partial charge in [0.05, 0.1) is 6.26 Å². The van der Waals surface area contributed by atoms with Crippen molar-refractivity contribution in [2.24, 2.45) is 0 Å². The van der Waals surface area contributed by atoms with Gasteiger partial charge >= 0.3 is 0 Å². The van der Waals surface area contributed by atoms with Crippen LogP contribution < -0.4 is 0 Å². The lowest BCUT2D eigenvalue weighted by Gasteiger charge is -2.05. The molecule has 2 aromatic carbocycles. The van der Waals surface area contributed by atoms with E-state index in [1.807, 2.05) is 48.5 Å². The molecule has 1 aliphatic rings. The molecule has 1 heteroatoms. The first-order valence-corrected chi connectivity index (χ1v) is 5.63. The molecule has 0 aliphatic carbocycles. The molecule has 17 heavy (non-hydrogen) atoms. The van der Waals surface area contributed by atoms with Crippen LogP contribution in [0, 0.1) is 0 Å². The second-order valence-electron chi connectivity index (χ2n) is 3.92. The lowest BCUT2D eigenvalue weighted by Crippen LogP contribution is -1.85. The van der Waals surface area contributed by atoms with E-state index in [2.05, 4.69) is 18.2 Å². The minimum absolute atomic E-state index is 0.881. The van der Waals surface area contributed by atoms with Crippen molar-refractivity contribution in [2.45, 2.75) is 0 Å². The van der Waals surface area contributed by atoms with Gasteiger partial charge in [0.1, 0.15) is 5.76 Å². The maximum atomic E-state index is 5.65. The van der Waals surface area contributed by atoms with E-state index >= 15 is 0 Å². The molecule has 82 valence electrons. The van der Waals surface area contributed by atoms with Gasteiger partial charge in [-0.2, -0.15) is 0 Å². The average molecular weight is 220 g/mol. The fourth-order valence-electron chi connectivity index (χ4n) is 1.90. The Kier molecular flexibility index (Phi) is 2.51. The van der Waals surface area contributed by atoms with Crippen LogP contribution in [0.1, 0.15) is 16.7 Å². The van der Waals surface area contributed by atoms with Gasteiger partial charge in [0, 0.05) is 5.56 Å². The van der Waals surface area contributed by atoms with E-state index in [1.54, 1.807) is 6.26 Å². The maximum Gasteiger partial charge on any atom is 0.134 e. The molecule has 0 radical (unpaired) electrons. The van der Waals surface area contributed by atoms with Crippen molar-refractivity contribution in [1.29, 1.82) is 0 Å². The zero-order valence-corrected chi connectivity index (χ0v) is 9.34. The third-order valence-electron chi connectivity index (χ3n) is 2.78. The normalized spacial score (nSPS) is 13.3. The van der Waals surface area contributed by atoms with Gasteiger partial charge in [-0.3, -0.25) is 0 Å². The Morgan fingerprint density at radius 3 is 2.24 bits per heavy atom. The predicted octanol–water partition coefficient (Wildman–Crippen LogP) is 4.19. The van der Waals surface area contributed by atoms with Crippen molar-refractivity contribution in [3.63, 3.8) is 0 Å². The molecule has 0 bridgehead atoms. The molecule has 0 spiro atoms. The summed E-state index contributed by atoms with van der Waals surface area (Å²) < 4.78 is 5.65. The third-order valence-corrected chi connectivity index (χ3v) is 2.78. The number of ether oxygens (including phenoxy) is 1. The highest BCUT2D eigenvalue weighted by Gasteiger charge is 2.06. The van der Waals surface area contributed by atoms with Crippen LogP contribution in [0.4, 0.5) is 0 Å². The van der Waals surface area contributed by atoms with E-state index in [-0.39, 0.29) is 0 Å². The van der Waals surface area contributed by atoms with Crippen LogP contribution in [-0.2, 0) is 4.74 Å². The van der Waals surface area contributed by atoms with Gasteiger partial charge in [-0.25, -0.2) is 0 Å². The minimum atomic E-state index is 0.881. The minimum Gasteiger partial charge on any atom is -0.464 e. The summed E-state index contributed by atoms with van der Waals surface area (Å²) >= 11 is 0. The molecule has 0 N–H and O–H groups in total. The van der Waals surface area contributed by atoms with Crippen molar-refractivity contribution in [2.75, 3.05) is 0 Å². The van der Waals surface area contributed by atoms with Crippen LogP contribution in [0.2, 0.25) is 0 Å². The molecule has 0 saturated heterocycles. The van der Waals surface area contributed by atoms with Crippen molar-refractivity contribution >= 4 is 17.9 Å². The van der Waals surface area contributed by atoms with E-state index in [0.29, 0.717) is 0 Å². The summed E-state index contributed by atoms with van der Waals surface area (Å²) in [5, 5.41) is 0. The maximum absolute atomic E-state index is 5.65. The average Bonchev–Trinajstić information content (AvgIpc) is 2.62. The van der Waals surface area contributed by atoms with Gasteiger partial charge in [-0.15, -0.1) is 0 Å².